The van der Waals surface area contributed by atoms with Gasteiger partial charge in [0.25, 0.3) is 11.8 Å². The van der Waals surface area contributed by atoms with Gasteiger partial charge in [0.15, 0.2) is 5.65 Å². The fraction of sp³-hybridized carbons (Fsp3) is 0.538. The molecule has 11 nitrogen and oxygen atoms in total. The van der Waals surface area contributed by atoms with Gasteiger partial charge < -0.3 is 30.5 Å². The van der Waals surface area contributed by atoms with Crippen LogP contribution in [0.1, 0.15) is 43.0 Å². The number of ether oxygens (including phenoxy) is 1. The van der Waals surface area contributed by atoms with E-state index in [1.807, 2.05) is 13.0 Å². The summed E-state index contributed by atoms with van der Waals surface area (Å²) >= 11 is 0. The molecule has 0 aromatic carbocycles. The summed E-state index contributed by atoms with van der Waals surface area (Å²) in [6.07, 6.45) is 8.31. The predicted octanol–water partition coefficient (Wildman–Crippen LogP) is 2.40. The first-order valence-electron chi connectivity index (χ1n) is 13.0. The molecular weight excluding hydrogens is 491 g/mol. The molecule has 0 unspecified atom stereocenters. The van der Waals surface area contributed by atoms with Crippen LogP contribution in [0.5, 0.6) is 0 Å². The zero-order chi connectivity index (χ0) is 27.2. The molecule has 3 heterocycles. The lowest BCUT2D eigenvalue weighted by molar-refractivity contribution is -0.127. The van der Waals surface area contributed by atoms with Crippen molar-refractivity contribution in [2.24, 2.45) is 0 Å². The summed E-state index contributed by atoms with van der Waals surface area (Å²) in [4.78, 5) is 34.8. The second kappa shape index (κ2) is 12.4. The van der Waals surface area contributed by atoms with E-state index >= 15 is 0 Å². The SMILES string of the molecule is C=C(Nc1cc(NC)n2ncc(C(=O)N[C@@H]3CC[C@H]3OC)c2n1)C(=O)N(/C=C\C)C1CCN(CCF)CC1. The number of aromatic nitrogens is 3. The average Bonchev–Trinajstić information content (AvgIpc) is 3.34. The van der Waals surface area contributed by atoms with Gasteiger partial charge >= 0.3 is 0 Å². The lowest BCUT2D eigenvalue weighted by Gasteiger charge is -2.37. The van der Waals surface area contributed by atoms with E-state index in [2.05, 4.69) is 37.5 Å². The number of methoxy groups -OCH3 is 1. The summed E-state index contributed by atoms with van der Waals surface area (Å²) in [5, 5.41) is 13.4. The van der Waals surface area contributed by atoms with Gasteiger partial charge in [-0.2, -0.15) is 9.61 Å². The summed E-state index contributed by atoms with van der Waals surface area (Å²) in [7, 11) is 3.37. The Labute approximate surface area is 222 Å². The van der Waals surface area contributed by atoms with E-state index in [0.717, 1.165) is 38.8 Å². The highest BCUT2D eigenvalue weighted by Crippen LogP contribution is 2.25. The van der Waals surface area contributed by atoms with Crippen LogP contribution in [0.3, 0.4) is 0 Å². The number of nitrogens with one attached hydrogen (secondary N) is 3. The zero-order valence-corrected chi connectivity index (χ0v) is 22.2. The van der Waals surface area contributed by atoms with Crippen LogP contribution in [0.15, 0.2) is 36.8 Å². The molecule has 0 bridgehead atoms. The monoisotopic (exact) mass is 528 g/mol. The van der Waals surface area contributed by atoms with Crippen LogP contribution in [0.25, 0.3) is 5.65 Å². The Morgan fingerprint density at radius 3 is 2.66 bits per heavy atom. The number of hydrogen-bond donors (Lipinski definition) is 3. The average molecular weight is 529 g/mol. The number of amides is 2. The van der Waals surface area contributed by atoms with Crippen LogP contribution in [0, 0.1) is 0 Å². The number of fused-ring (bicyclic) bond motifs is 1. The molecule has 1 aliphatic carbocycles. The summed E-state index contributed by atoms with van der Waals surface area (Å²) in [5.41, 5.74) is 0.812. The molecule has 2 atom stereocenters. The van der Waals surface area contributed by atoms with E-state index in [4.69, 9.17) is 4.74 Å². The van der Waals surface area contributed by atoms with Gasteiger partial charge in [-0.15, -0.1) is 0 Å². The van der Waals surface area contributed by atoms with Crippen molar-refractivity contribution in [1.29, 1.82) is 0 Å². The fourth-order valence-corrected chi connectivity index (χ4v) is 4.95. The van der Waals surface area contributed by atoms with Gasteiger partial charge in [0.05, 0.1) is 24.0 Å². The summed E-state index contributed by atoms with van der Waals surface area (Å²) in [6, 6.07) is 1.64. The smallest absolute Gasteiger partial charge is 0.273 e. The van der Waals surface area contributed by atoms with Crippen molar-refractivity contribution in [3.05, 3.63) is 42.4 Å². The first-order valence-corrected chi connectivity index (χ1v) is 13.0. The Balaban J connectivity index is 1.50. The van der Waals surface area contributed by atoms with E-state index in [1.54, 1.807) is 31.3 Å². The molecule has 2 aromatic rings. The molecule has 2 aromatic heterocycles. The van der Waals surface area contributed by atoms with Crippen LogP contribution in [0.4, 0.5) is 16.0 Å². The third-order valence-corrected chi connectivity index (χ3v) is 7.24. The van der Waals surface area contributed by atoms with Gasteiger partial charge in [-0.3, -0.25) is 9.59 Å². The third kappa shape index (κ3) is 5.81. The van der Waals surface area contributed by atoms with Crippen LogP contribution >= 0.6 is 0 Å². The van der Waals surface area contributed by atoms with Crippen LogP contribution in [-0.4, -0.2) is 94.9 Å². The number of piperidine rings is 1. The number of likely N-dealkylation sites (tertiary alicyclic amines) is 1. The van der Waals surface area contributed by atoms with E-state index in [9.17, 15) is 14.0 Å². The molecular formula is C26H37FN8O3. The van der Waals surface area contributed by atoms with Crippen molar-refractivity contribution in [1.82, 2.24) is 29.7 Å². The molecule has 0 spiro atoms. The third-order valence-electron chi connectivity index (χ3n) is 7.24. The van der Waals surface area contributed by atoms with Gasteiger partial charge in [0.1, 0.15) is 23.9 Å². The topological polar surface area (TPSA) is 116 Å². The minimum Gasteiger partial charge on any atom is -0.379 e. The van der Waals surface area contributed by atoms with Crippen molar-refractivity contribution in [2.75, 3.05) is 51.1 Å². The molecule has 0 radical (unpaired) electrons. The van der Waals surface area contributed by atoms with Gasteiger partial charge in [0, 0.05) is 52.1 Å². The minimum atomic E-state index is -0.371. The number of nitrogens with zero attached hydrogens (tertiary/aromatic N) is 5. The number of anilines is 2. The number of carbonyl (C=O) groups excluding carboxylic acids is 2. The molecule has 1 saturated carbocycles. The number of halogens is 1. The molecule has 4 rings (SSSR count). The number of carbonyl (C=O) groups is 2. The molecule has 206 valence electrons. The summed E-state index contributed by atoms with van der Waals surface area (Å²) in [6.45, 7) is 7.35. The van der Waals surface area contributed by atoms with Gasteiger partial charge in [0.2, 0.25) is 0 Å². The van der Waals surface area contributed by atoms with Crippen molar-refractivity contribution in [3.63, 3.8) is 0 Å². The standard InChI is InChI=1S/C26H37FN8O3/c1-5-11-34(18-8-12-33(13-9-18)14-10-27)26(37)17(2)30-22-15-23(28-3)35-24(32-22)19(16-29-35)25(36)31-20-6-7-21(20)38-4/h5,11,15-16,18,20-21,28H,2,6-10,12-14H2,1,3-4H3,(H,30,32)(H,31,36)/b11-5-/t20-,21-/m1/s1. The second-order valence-electron chi connectivity index (χ2n) is 9.56. The maximum Gasteiger partial charge on any atom is 0.273 e. The zero-order valence-electron chi connectivity index (χ0n) is 22.2. The van der Waals surface area contributed by atoms with E-state index in [1.165, 1.54) is 10.7 Å². The van der Waals surface area contributed by atoms with Crippen LogP contribution < -0.4 is 16.0 Å². The Morgan fingerprint density at radius 2 is 2.05 bits per heavy atom. The first-order chi connectivity index (χ1) is 18.4. The van der Waals surface area contributed by atoms with E-state index in [-0.39, 0.29) is 42.4 Å². The number of hydrogen-bond acceptors (Lipinski definition) is 8. The van der Waals surface area contributed by atoms with Crippen molar-refractivity contribution in [2.45, 2.75) is 50.8 Å². The molecule has 38 heavy (non-hydrogen) atoms. The fourth-order valence-electron chi connectivity index (χ4n) is 4.95. The Morgan fingerprint density at radius 1 is 1.29 bits per heavy atom. The van der Waals surface area contributed by atoms with E-state index in [0.29, 0.717) is 29.4 Å². The molecule has 12 heteroatoms. The Kier molecular flexibility index (Phi) is 8.95. The Bertz CT molecular complexity index is 1190. The molecule has 1 aliphatic heterocycles. The summed E-state index contributed by atoms with van der Waals surface area (Å²) < 4.78 is 19.6. The van der Waals surface area contributed by atoms with E-state index < -0.39 is 0 Å². The van der Waals surface area contributed by atoms with Crippen LogP contribution in [-0.2, 0) is 9.53 Å². The molecule has 3 N–H and O–H groups in total. The first kappa shape index (κ1) is 27.5. The van der Waals surface area contributed by atoms with Crippen molar-refractivity contribution < 1.29 is 18.7 Å². The van der Waals surface area contributed by atoms with Crippen LogP contribution in [0.2, 0.25) is 0 Å². The van der Waals surface area contributed by atoms with Gasteiger partial charge in [-0.25, -0.2) is 9.37 Å². The normalized spacial score (nSPS) is 20.3. The largest absolute Gasteiger partial charge is 0.379 e. The quantitative estimate of drug-likeness (QED) is 0.381. The second-order valence-corrected chi connectivity index (χ2v) is 9.56. The number of rotatable bonds is 11. The molecule has 2 aliphatic rings. The highest BCUT2D eigenvalue weighted by atomic mass is 19.1. The lowest BCUT2D eigenvalue weighted by atomic mass is 9.89. The minimum absolute atomic E-state index is 0.00392. The lowest BCUT2D eigenvalue weighted by Crippen LogP contribution is -2.51. The number of alkyl halides is 1. The summed E-state index contributed by atoms with van der Waals surface area (Å²) in [5.74, 6) is 0.376. The predicted molar refractivity (Wildman–Crippen MR) is 144 cm³/mol. The highest BCUT2D eigenvalue weighted by molar-refractivity contribution is 6.00. The molecule has 2 fully saturated rings. The van der Waals surface area contributed by atoms with Crippen molar-refractivity contribution in [3.8, 4) is 0 Å². The Hall–Kier alpha value is -3.51. The maximum absolute atomic E-state index is 13.4. The highest BCUT2D eigenvalue weighted by Gasteiger charge is 2.33. The molecule has 2 amide bonds. The van der Waals surface area contributed by atoms with Gasteiger partial charge in [-0.1, -0.05) is 12.7 Å². The van der Waals surface area contributed by atoms with Crippen molar-refractivity contribution >= 4 is 29.1 Å². The van der Waals surface area contributed by atoms with Gasteiger partial charge in [-0.05, 0) is 32.6 Å². The molecule has 1 saturated heterocycles. The number of allylic oxidation sites excluding steroid dienone is 1. The maximum atomic E-state index is 13.4.